The van der Waals surface area contributed by atoms with Gasteiger partial charge in [-0.1, -0.05) is 0 Å². The third kappa shape index (κ3) is 4.73. The lowest BCUT2D eigenvalue weighted by Crippen LogP contribution is -2.11. The van der Waals surface area contributed by atoms with Crippen LogP contribution < -0.4 is 4.74 Å². The minimum absolute atomic E-state index is 0.110. The molecule has 0 aromatic heterocycles. The quantitative estimate of drug-likeness (QED) is 0.784. The van der Waals surface area contributed by atoms with Gasteiger partial charge in [-0.3, -0.25) is 0 Å². The SMILES string of the molecule is COCCCCOc1ccc(C(=O)O)cc1C(F)(F)F. The van der Waals surface area contributed by atoms with Crippen molar-refractivity contribution in [1.82, 2.24) is 0 Å². The lowest BCUT2D eigenvalue weighted by molar-refractivity contribution is -0.139. The summed E-state index contributed by atoms with van der Waals surface area (Å²) in [5.41, 5.74) is -1.51. The van der Waals surface area contributed by atoms with E-state index in [1.807, 2.05) is 0 Å². The number of alkyl halides is 3. The van der Waals surface area contributed by atoms with Crippen LogP contribution >= 0.6 is 0 Å². The van der Waals surface area contributed by atoms with Gasteiger partial charge >= 0.3 is 12.1 Å². The van der Waals surface area contributed by atoms with Crippen LogP contribution in [-0.4, -0.2) is 31.4 Å². The molecule has 0 aliphatic carbocycles. The van der Waals surface area contributed by atoms with Gasteiger partial charge in [0.15, 0.2) is 0 Å². The van der Waals surface area contributed by atoms with E-state index in [0.717, 1.165) is 12.1 Å². The highest BCUT2D eigenvalue weighted by Crippen LogP contribution is 2.36. The van der Waals surface area contributed by atoms with Crippen LogP contribution in [0.2, 0.25) is 0 Å². The van der Waals surface area contributed by atoms with Gasteiger partial charge in [0.2, 0.25) is 0 Å². The third-order valence-corrected chi connectivity index (χ3v) is 2.53. The molecule has 20 heavy (non-hydrogen) atoms. The van der Waals surface area contributed by atoms with Gasteiger partial charge in [0, 0.05) is 13.7 Å². The van der Waals surface area contributed by atoms with Crippen LogP contribution in [0.25, 0.3) is 0 Å². The molecule has 0 bridgehead atoms. The van der Waals surface area contributed by atoms with Crippen LogP contribution in [0.4, 0.5) is 13.2 Å². The van der Waals surface area contributed by atoms with Crippen LogP contribution in [0.15, 0.2) is 18.2 Å². The van der Waals surface area contributed by atoms with Crippen molar-refractivity contribution in [3.05, 3.63) is 29.3 Å². The summed E-state index contributed by atoms with van der Waals surface area (Å²) in [4.78, 5) is 10.7. The summed E-state index contributed by atoms with van der Waals surface area (Å²) >= 11 is 0. The van der Waals surface area contributed by atoms with E-state index in [0.29, 0.717) is 25.5 Å². The van der Waals surface area contributed by atoms with Gasteiger partial charge < -0.3 is 14.6 Å². The van der Waals surface area contributed by atoms with Gasteiger partial charge in [-0.05, 0) is 31.0 Å². The maximum Gasteiger partial charge on any atom is 0.419 e. The largest absolute Gasteiger partial charge is 0.493 e. The van der Waals surface area contributed by atoms with E-state index in [1.54, 1.807) is 0 Å². The number of rotatable bonds is 7. The van der Waals surface area contributed by atoms with E-state index >= 15 is 0 Å². The molecule has 0 amide bonds. The number of hydrogen-bond donors (Lipinski definition) is 1. The van der Waals surface area contributed by atoms with Gasteiger partial charge in [-0.15, -0.1) is 0 Å². The Morgan fingerprint density at radius 1 is 1.25 bits per heavy atom. The van der Waals surface area contributed by atoms with E-state index in [4.69, 9.17) is 14.6 Å². The van der Waals surface area contributed by atoms with Gasteiger partial charge in [0.05, 0.1) is 17.7 Å². The van der Waals surface area contributed by atoms with Crippen molar-refractivity contribution < 1.29 is 32.5 Å². The summed E-state index contributed by atoms with van der Waals surface area (Å²) in [6, 6.07) is 2.69. The Labute approximate surface area is 114 Å². The predicted molar refractivity (Wildman–Crippen MR) is 65.0 cm³/mol. The van der Waals surface area contributed by atoms with Gasteiger partial charge in [0.1, 0.15) is 5.75 Å². The van der Waals surface area contributed by atoms with Crippen LogP contribution in [-0.2, 0) is 10.9 Å². The Balaban J connectivity index is 2.81. The van der Waals surface area contributed by atoms with Crippen LogP contribution in [0.1, 0.15) is 28.8 Å². The summed E-state index contributed by atoms with van der Waals surface area (Å²) in [6.45, 7) is 0.617. The number of halogens is 3. The number of methoxy groups -OCH3 is 1. The summed E-state index contributed by atoms with van der Waals surface area (Å²) in [6.07, 6.45) is -3.44. The summed E-state index contributed by atoms with van der Waals surface area (Å²) < 4.78 is 48.4. The number of benzene rings is 1. The van der Waals surface area contributed by atoms with Crippen molar-refractivity contribution in [3.8, 4) is 5.75 Å². The second-order valence-corrected chi connectivity index (χ2v) is 4.06. The number of carbonyl (C=O) groups is 1. The second-order valence-electron chi connectivity index (χ2n) is 4.06. The molecule has 112 valence electrons. The molecule has 1 N–H and O–H groups in total. The molecule has 0 fully saturated rings. The first-order valence-corrected chi connectivity index (χ1v) is 5.92. The lowest BCUT2D eigenvalue weighted by atomic mass is 10.1. The van der Waals surface area contributed by atoms with E-state index in [9.17, 15) is 18.0 Å². The second kappa shape index (κ2) is 7.14. The van der Waals surface area contributed by atoms with Crippen LogP contribution in [0.5, 0.6) is 5.75 Å². The lowest BCUT2D eigenvalue weighted by Gasteiger charge is -2.14. The Hall–Kier alpha value is -1.76. The highest BCUT2D eigenvalue weighted by molar-refractivity contribution is 5.88. The molecular formula is C13H15F3O4. The number of unbranched alkanes of at least 4 members (excludes halogenated alkanes) is 1. The molecular weight excluding hydrogens is 277 g/mol. The van der Waals surface area contributed by atoms with E-state index < -0.39 is 23.3 Å². The number of carboxylic acid groups (broad SMARTS) is 1. The maximum absolute atomic E-state index is 12.8. The van der Waals surface area contributed by atoms with Crippen LogP contribution in [0.3, 0.4) is 0 Å². The predicted octanol–water partition coefficient (Wildman–Crippen LogP) is 3.21. The first kappa shape index (κ1) is 16.3. The third-order valence-electron chi connectivity index (χ3n) is 2.53. The molecule has 4 nitrogen and oxygen atoms in total. The molecule has 0 saturated heterocycles. The average Bonchev–Trinajstić information content (AvgIpc) is 2.37. The minimum atomic E-state index is -4.66. The van der Waals surface area contributed by atoms with Crippen molar-refractivity contribution in [1.29, 1.82) is 0 Å². The summed E-state index contributed by atoms with van der Waals surface area (Å²) in [5, 5.41) is 8.72. The molecule has 7 heteroatoms. The number of carboxylic acids is 1. The standard InChI is InChI=1S/C13H15F3O4/c1-19-6-2-3-7-20-11-5-4-9(12(17)18)8-10(11)13(14,15)16/h4-5,8H,2-3,6-7H2,1H3,(H,17,18). The zero-order valence-corrected chi connectivity index (χ0v) is 10.9. The van der Waals surface area contributed by atoms with Crippen molar-refractivity contribution in [2.45, 2.75) is 19.0 Å². The number of ether oxygens (including phenoxy) is 2. The fourth-order valence-corrected chi connectivity index (χ4v) is 1.54. The fourth-order valence-electron chi connectivity index (χ4n) is 1.54. The molecule has 0 saturated carbocycles. The molecule has 1 aromatic carbocycles. The summed E-state index contributed by atoms with van der Waals surface area (Å²) in [5.74, 6) is -1.78. The minimum Gasteiger partial charge on any atom is -0.493 e. The van der Waals surface area contributed by atoms with Crippen molar-refractivity contribution in [2.24, 2.45) is 0 Å². The molecule has 0 atom stereocenters. The molecule has 0 aliphatic heterocycles. The van der Waals surface area contributed by atoms with Gasteiger partial charge in [-0.2, -0.15) is 13.2 Å². The molecule has 0 radical (unpaired) electrons. The molecule has 0 unspecified atom stereocenters. The Morgan fingerprint density at radius 2 is 1.90 bits per heavy atom. The van der Waals surface area contributed by atoms with Gasteiger partial charge in [0.25, 0.3) is 0 Å². The molecule has 0 heterocycles. The maximum atomic E-state index is 12.8. The highest BCUT2D eigenvalue weighted by Gasteiger charge is 2.35. The normalized spacial score (nSPS) is 11.4. The van der Waals surface area contributed by atoms with Crippen LogP contribution in [0, 0.1) is 0 Å². The fraction of sp³-hybridized carbons (Fsp3) is 0.462. The monoisotopic (exact) mass is 292 g/mol. The van der Waals surface area contributed by atoms with E-state index in [-0.39, 0.29) is 12.4 Å². The van der Waals surface area contributed by atoms with E-state index in [2.05, 4.69) is 0 Å². The zero-order valence-electron chi connectivity index (χ0n) is 10.9. The van der Waals surface area contributed by atoms with E-state index in [1.165, 1.54) is 7.11 Å². The molecule has 1 aromatic rings. The van der Waals surface area contributed by atoms with Crippen molar-refractivity contribution in [2.75, 3.05) is 20.3 Å². The summed E-state index contributed by atoms with van der Waals surface area (Å²) in [7, 11) is 1.53. The average molecular weight is 292 g/mol. The first-order valence-electron chi connectivity index (χ1n) is 5.92. The number of aromatic carboxylic acids is 1. The van der Waals surface area contributed by atoms with Crippen molar-refractivity contribution >= 4 is 5.97 Å². The smallest absolute Gasteiger partial charge is 0.419 e. The first-order chi connectivity index (χ1) is 9.36. The Bertz CT molecular complexity index is 457. The Morgan fingerprint density at radius 3 is 2.45 bits per heavy atom. The molecule has 0 aliphatic rings. The molecule has 0 spiro atoms. The molecule has 1 rings (SSSR count). The van der Waals surface area contributed by atoms with Gasteiger partial charge in [-0.25, -0.2) is 4.79 Å². The topological polar surface area (TPSA) is 55.8 Å². The van der Waals surface area contributed by atoms with Crippen molar-refractivity contribution in [3.63, 3.8) is 0 Å². The zero-order chi connectivity index (χ0) is 15.2. The number of hydrogen-bond acceptors (Lipinski definition) is 3. The Kier molecular flexibility index (Phi) is 5.82. The highest BCUT2D eigenvalue weighted by atomic mass is 19.4.